The van der Waals surface area contributed by atoms with E-state index in [-0.39, 0.29) is 18.3 Å². The van der Waals surface area contributed by atoms with Gasteiger partial charge in [-0.1, -0.05) is 35.9 Å². The molecule has 0 aliphatic rings. The van der Waals surface area contributed by atoms with Crippen LogP contribution in [0.2, 0.25) is 0 Å². The van der Waals surface area contributed by atoms with Crippen LogP contribution in [0.3, 0.4) is 0 Å². The van der Waals surface area contributed by atoms with E-state index in [1.807, 2.05) is 32.0 Å². The molecule has 106 valence electrons. The zero-order valence-electron chi connectivity index (χ0n) is 11.8. The number of aliphatic hydroxyl groups is 1. The summed E-state index contributed by atoms with van der Waals surface area (Å²) in [5.41, 5.74) is 9.52. The summed E-state index contributed by atoms with van der Waals surface area (Å²) in [6.45, 7) is 4.23. The molecule has 3 N–H and O–H groups in total. The van der Waals surface area contributed by atoms with Crippen molar-refractivity contribution in [1.29, 1.82) is 0 Å². The molecule has 0 heterocycles. The van der Waals surface area contributed by atoms with Crippen LogP contribution in [-0.4, -0.2) is 11.7 Å². The third kappa shape index (κ3) is 3.06. The maximum Gasteiger partial charge on any atom is 0.123 e. The predicted octanol–water partition coefficient (Wildman–Crippen LogP) is 3.22. The van der Waals surface area contributed by atoms with Gasteiger partial charge in [0, 0.05) is 12.5 Å². The van der Waals surface area contributed by atoms with Crippen molar-refractivity contribution in [2.24, 2.45) is 5.73 Å². The first kappa shape index (κ1) is 14.7. The fourth-order valence-corrected chi connectivity index (χ4v) is 2.56. The Kier molecular flexibility index (Phi) is 4.53. The van der Waals surface area contributed by atoms with Gasteiger partial charge in [0.2, 0.25) is 0 Å². The highest BCUT2D eigenvalue weighted by atomic mass is 19.1. The van der Waals surface area contributed by atoms with Gasteiger partial charge < -0.3 is 10.8 Å². The molecule has 20 heavy (non-hydrogen) atoms. The average molecular weight is 273 g/mol. The van der Waals surface area contributed by atoms with Gasteiger partial charge in [-0.25, -0.2) is 4.39 Å². The van der Waals surface area contributed by atoms with Gasteiger partial charge in [-0.2, -0.15) is 0 Å². The van der Waals surface area contributed by atoms with E-state index in [9.17, 15) is 9.50 Å². The smallest absolute Gasteiger partial charge is 0.123 e. The third-order valence-electron chi connectivity index (χ3n) is 3.66. The van der Waals surface area contributed by atoms with Crippen LogP contribution < -0.4 is 5.73 Å². The Morgan fingerprint density at radius 3 is 2.50 bits per heavy atom. The third-order valence-corrected chi connectivity index (χ3v) is 3.66. The van der Waals surface area contributed by atoms with Crippen molar-refractivity contribution in [3.05, 3.63) is 70.5 Å². The van der Waals surface area contributed by atoms with Gasteiger partial charge in [0.05, 0.1) is 6.10 Å². The number of benzene rings is 2. The summed E-state index contributed by atoms with van der Waals surface area (Å²) in [5.74, 6) is -0.624. The van der Waals surface area contributed by atoms with Gasteiger partial charge in [-0.3, -0.25) is 0 Å². The van der Waals surface area contributed by atoms with E-state index in [0.717, 1.165) is 22.3 Å². The molecular weight excluding hydrogens is 253 g/mol. The zero-order chi connectivity index (χ0) is 14.7. The Morgan fingerprint density at radius 1 is 1.15 bits per heavy atom. The molecule has 2 aromatic carbocycles. The van der Waals surface area contributed by atoms with E-state index in [4.69, 9.17) is 5.73 Å². The molecule has 0 spiro atoms. The number of hydrogen-bond donors (Lipinski definition) is 2. The van der Waals surface area contributed by atoms with Crippen LogP contribution in [0.5, 0.6) is 0 Å². The van der Waals surface area contributed by atoms with Gasteiger partial charge in [-0.05, 0) is 42.7 Å². The normalized spacial score (nSPS) is 14.1. The summed E-state index contributed by atoms with van der Waals surface area (Å²) in [7, 11) is 0. The summed E-state index contributed by atoms with van der Waals surface area (Å²) in [5, 5.41) is 10.6. The van der Waals surface area contributed by atoms with Gasteiger partial charge in [-0.15, -0.1) is 0 Å². The first-order valence-electron chi connectivity index (χ1n) is 6.73. The number of nitrogens with two attached hydrogens (primary N) is 1. The number of aliphatic hydroxyl groups excluding tert-OH is 1. The Labute approximate surface area is 119 Å². The van der Waals surface area contributed by atoms with E-state index >= 15 is 0 Å². The van der Waals surface area contributed by atoms with Crippen molar-refractivity contribution in [3.8, 4) is 0 Å². The fourth-order valence-electron chi connectivity index (χ4n) is 2.56. The standard InChI is InChI=1S/C17H20FNO/c1-11-6-7-15(12(2)8-11)17(20)16(10-19)13-4-3-5-14(18)9-13/h3-9,16-17,20H,10,19H2,1-2H3. The predicted molar refractivity (Wildman–Crippen MR) is 79.1 cm³/mol. The monoisotopic (exact) mass is 273 g/mol. The van der Waals surface area contributed by atoms with Crippen molar-refractivity contribution in [1.82, 2.24) is 0 Å². The first-order valence-corrected chi connectivity index (χ1v) is 6.73. The Hall–Kier alpha value is -1.71. The second-order valence-corrected chi connectivity index (χ2v) is 5.20. The summed E-state index contributed by atoms with van der Waals surface area (Å²) >= 11 is 0. The van der Waals surface area contributed by atoms with E-state index in [0.29, 0.717) is 0 Å². The summed E-state index contributed by atoms with van der Waals surface area (Å²) < 4.78 is 13.3. The van der Waals surface area contributed by atoms with Crippen LogP contribution in [0.15, 0.2) is 42.5 Å². The van der Waals surface area contributed by atoms with Crippen LogP contribution >= 0.6 is 0 Å². The Balaban J connectivity index is 2.36. The molecule has 2 aromatic rings. The van der Waals surface area contributed by atoms with E-state index in [1.54, 1.807) is 12.1 Å². The summed E-state index contributed by atoms with van der Waals surface area (Å²) in [6.07, 6.45) is -0.734. The average Bonchev–Trinajstić information content (AvgIpc) is 2.39. The van der Waals surface area contributed by atoms with Crippen LogP contribution in [0.4, 0.5) is 4.39 Å². The number of aryl methyl sites for hydroxylation is 2. The molecule has 2 rings (SSSR count). The second-order valence-electron chi connectivity index (χ2n) is 5.20. The lowest BCUT2D eigenvalue weighted by Crippen LogP contribution is -2.21. The minimum absolute atomic E-state index is 0.262. The van der Waals surface area contributed by atoms with Crippen LogP contribution in [0.1, 0.15) is 34.3 Å². The maximum absolute atomic E-state index is 13.3. The second kappa shape index (κ2) is 6.16. The molecule has 0 aliphatic heterocycles. The summed E-state index contributed by atoms with van der Waals surface area (Å²) in [4.78, 5) is 0. The molecule has 0 radical (unpaired) electrons. The molecule has 3 heteroatoms. The van der Waals surface area contributed by atoms with Crippen molar-refractivity contribution in [3.63, 3.8) is 0 Å². The minimum atomic E-state index is -0.734. The topological polar surface area (TPSA) is 46.2 Å². The van der Waals surface area contributed by atoms with Crippen molar-refractivity contribution >= 4 is 0 Å². The molecule has 0 amide bonds. The number of hydrogen-bond acceptors (Lipinski definition) is 2. The lowest BCUT2D eigenvalue weighted by atomic mass is 9.87. The van der Waals surface area contributed by atoms with Gasteiger partial charge in [0.1, 0.15) is 5.82 Å². The molecule has 0 aromatic heterocycles. The van der Waals surface area contributed by atoms with Crippen LogP contribution in [0, 0.1) is 19.7 Å². The fraction of sp³-hybridized carbons (Fsp3) is 0.294. The molecule has 2 atom stereocenters. The Morgan fingerprint density at radius 2 is 1.90 bits per heavy atom. The quantitative estimate of drug-likeness (QED) is 0.898. The molecule has 0 bridgehead atoms. The van der Waals surface area contributed by atoms with Crippen molar-refractivity contribution in [2.45, 2.75) is 25.9 Å². The lowest BCUT2D eigenvalue weighted by Gasteiger charge is -2.24. The van der Waals surface area contributed by atoms with Crippen LogP contribution in [0.25, 0.3) is 0 Å². The Bertz CT molecular complexity index is 597. The number of rotatable bonds is 4. The van der Waals surface area contributed by atoms with Gasteiger partial charge >= 0.3 is 0 Å². The molecule has 0 saturated carbocycles. The number of halogens is 1. The SMILES string of the molecule is Cc1ccc(C(O)C(CN)c2cccc(F)c2)c(C)c1. The minimum Gasteiger partial charge on any atom is -0.388 e. The van der Waals surface area contributed by atoms with E-state index in [1.165, 1.54) is 12.1 Å². The molecule has 2 unspecified atom stereocenters. The molecule has 2 nitrogen and oxygen atoms in total. The van der Waals surface area contributed by atoms with Gasteiger partial charge in [0.25, 0.3) is 0 Å². The zero-order valence-corrected chi connectivity index (χ0v) is 11.8. The molecular formula is C17H20FNO. The molecule has 0 saturated heterocycles. The largest absolute Gasteiger partial charge is 0.388 e. The van der Waals surface area contributed by atoms with Crippen LogP contribution in [-0.2, 0) is 0 Å². The highest BCUT2D eigenvalue weighted by Crippen LogP contribution is 2.32. The highest BCUT2D eigenvalue weighted by Gasteiger charge is 2.23. The lowest BCUT2D eigenvalue weighted by molar-refractivity contribution is 0.146. The van der Waals surface area contributed by atoms with Crippen molar-refractivity contribution < 1.29 is 9.50 Å². The molecule has 0 fully saturated rings. The highest BCUT2D eigenvalue weighted by molar-refractivity contribution is 5.35. The van der Waals surface area contributed by atoms with Gasteiger partial charge in [0.15, 0.2) is 0 Å². The van der Waals surface area contributed by atoms with E-state index < -0.39 is 6.10 Å². The van der Waals surface area contributed by atoms with Crippen molar-refractivity contribution in [2.75, 3.05) is 6.54 Å². The first-order chi connectivity index (χ1) is 9.52. The molecule has 0 aliphatic carbocycles. The maximum atomic E-state index is 13.3. The van der Waals surface area contributed by atoms with E-state index in [2.05, 4.69) is 0 Å². The summed E-state index contributed by atoms with van der Waals surface area (Å²) in [6, 6.07) is 12.2.